The molecule has 2 fully saturated rings. The van der Waals surface area contributed by atoms with Gasteiger partial charge in [-0.25, -0.2) is 4.79 Å². The minimum absolute atomic E-state index is 0.225. The van der Waals surface area contributed by atoms with Crippen LogP contribution in [0.15, 0.2) is 0 Å². The van der Waals surface area contributed by atoms with Crippen molar-refractivity contribution in [1.29, 1.82) is 0 Å². The molecule has 0 unspecified atom stereocenters. The monoisotopic (exact) mass is 312 g/mol. The lowest BCUT2D eigenvalue weighted by Gasteiger charge is -2.30. The van der Waals surface area contributed by atoms with Crippen molar-refractivity contribution in [3.05, 3.63) is 0 Å². The van der Waals surface area contributed by atoms with Crippen molar-refractivity contribution in [2.24, 2.45) is 5.92 Å². The third-order valence-electron chi connectivity index (χ3n) is 4.16. The molecule has 0 spiro atoms. The molecule has 0 aromatic carbocycles. The van der Waals surface area contributed by atoms with E-state index in [9.17, 15) is 4.79 Å². The number of alkyl carbamates (subject to hydrolysis) is 1. The second-order valence-electron chi connectivity index (χ2n) is 7.64. The van der Waals surface area contributed by atoms with Crippen LogP contribution in [0, 0.1) is 5.92 Å². The Morgan fingerprint density at radius 1 is 1.09 bits per heavy atom. The Labute approximate surface area is 134 Å². The van der Waals surface area contributed by atoms with Crippen LogP contribution in [0.3, 0.4) is 0 Å². The maximum absolute atomic E-state index is 11.7. The van der Waals surface area contributed by atoms with E-state index < -0.39 is 5.60 Å². The largest absolute Gasteiger partial charge is 0.444 e. The fourth-order valence-corrected chi connectivity index (χ4v) is 2.77. The van der Waals surface area contributed by atoms with Crippen molar-refractivity contribution in [2.45, 2.75) is 77.0 Å². The molecule has 0 aromatic heterocycles. The fourth-order valence-electron chi connectivity index (χ4n) is 2.77. The first-order valence-corrected chi connectivity index (χ1v) is 8.74. The Kier molecular flexibility index (Phi) is 6.50. The molecule has 2 aliphatic rings. The number of hydrogen-bond acceptors (Lipinski definition) is 4. The van der Waals surface area contributed by atoms with Crippen LogP contribution in [-0.2, 0) is 9.47 Å². The summed E-state index contributed by atoms with van der Waals surface area (Å²) in [5.74, 6) is 0.925. The van der Waals surface area contributed by atoms with Gasteiger partial charge in [-0.05, 0) is 71.8 Å². The van der Waals surface area contributed by atoms with E-state index in [0.717, 1.165) is 51.3 Å². The zero-order valence-corrected chi connectivity index (χ0v) is 14.3. The van der Waals surface area contributed by atoms with Crippen LogP contribution in [0.5, 0.6) is 0 Å². The highest BCUT2D eigenvalue weighted by molar-refractivity contribution is 5.68. The van der Waals surface area contributed by atoms with Crippen LogP contribution in [0.25, 0.3) is 0 Å². The van der Waals surface area contributed by atoms with Crippen LogP contribution in [0.2, 0.25) is 0 Å². The Hall–Kier alpha value is -0.810. The van der Waals surface area contributed by atoms with E-state index in [-0.39, 0.29) is 12.1 Å². The molecule has 2 rings (SSSR count). The normalized spacial score (nSPS) is 25.8. The zero-order valence-electron chi connectivity index (χ0n) is 14.3. The molecule has 0 bridgehead atoms. The van der Waals surface area contributed by atoms with Gasteiger partial charge in [-0.15, -0.1) is 0 Å². The number of carbonyl (C=O) groups is 1. The molecular weight excluding hydrogens is 280 g/mol. The average molecular weight is 312 g/mol. The Bertz CT molecular complexity index is 342. The lowest BCUT2D eigenvalue weighted by Crippen LogP contribution is -2.42. The number of ether oxygens (including phenoxy) is 2. The summed E-state index contributed by atoms with van der Waals surface area (Å²) in [5, 5.41) is 6.41. The van der Waals surface area contributed by atoms with E-state index in [1.165, 1.54) is 12.8 Å². The van der Waals surface area contributed by atoms with Crippen LogP contribution in [0.4, 0.5) is 4.79 Å². The highest BCUT2D eigenvalue weighted by Gasteiger charge is 2.25. The molecule has 1 amide bonds. The molecule has 0 heterocycles. The summed E-state index contributed by atoms with van der Waals surface area (Å²) in [4.78, 5) is 11.7. The van der Waals surface area contributed by atoms with Crippen molar-refractivity contribution < 1.29 is 14.3 Å². The highest BCUT2D eigenvalue weighted by atomic mass is 16.6. The summed E-state index contributed by atoms with van der Waals surface area (Å²) < 4.78 is 11.2. The number of rotatable bonds is 7. The van der Waals surface area contributed by atoms with E-state index in [1.54, 1.807) is 0 Å². The quantitative estimate of drug-likeness (QED) is 0.710. The van der Waals surface area contributed by atoms with Gasteiger partial charge in [0.2, 0.25) is 0 Å². The molecular formula is C17H32N2O3. The number of carbonyl (C=O) groups excluding carboxylic acids is 1. The molecule has 2 N–H and O–H groups in total. The average Bonchev–Trinajstić information content (AvgIpc) is 3.22. The van der Waals surface area contributed by atoms with E-state index in [4.69, 9.17) is 9.47 Å². The van der Waals surface area contributed by atoms with Gasteiger partial charge in [0.25, 0.3) is 0 Å². The lowest BCUT2D eigenvalue weighted by molar-refractivity contribution is 0.0194. The van der Waals surface area contributed by atoms with Gasteiger partial charge in [0, 0.05) is 12.6 Å². The van der Waals surface area contributed by atoms with Crippen molar-refractivity contribution in [3.8, 4) is 0 Å². The third kappa shape index (κ3) is 7.45. The van der Waals surface area contributed by atoms with Gasteiger partial charge in [0.1, 0.15) is 5.60 Å². The summed E-state index contributed by atoms with van der Waals surface area (Å²) in [7, 11) is 0. The Morgan fingerprint density at radius 3 is 2.36 bits per heavy atom. The maximum atomic E-state index is 11.7. The van der Waals surface area contributed by atoms with E-state index in [1.807, 2.05) is 20.8 Å². The SMILES string of the molecule is CC(C)(C)OC(=O)NC1CCC(OCCNCC2CC2)CC1. The minimum Gasteiger partial charge on any atom is -0.444 e. The first-order chi connectivity index (χ1) is 10.4. The first kappa shape index (κ1) is 17.5. The molecule has 128 valence electrons. The van der Waals surface area contributed by atoms with Gasteiger partial charge in [-0.3, -0.25) is 0 Å². The summed E-state index contributed by atoms with van der Waals surface area (Å²) in [6.07, 6.45) is 6.80. The minimum atomic E-state index is -0.433. The van der Waals surface area contributed by atoms with Gasteiger partial charge >= 0.3 is 6.09 Å². The summed E-state index contributed by atoms with van der Waals surface area (Å²) in [6, 6.07) is 0.225. The predicted octanol–water partition coefficient (Wildman–Crippen LogP) is 2.84. The molecule has 2 saturated carbocycles. The van der Waals surface area contributed by atoms with Crippen molar-refractivity contribution >= 4 is 6.09 Å². The van der Waals surface area contributed by atoms with Gasteiger partial charge in [0.05, 0.1) is 12.7 Å². The van der Waals surface area contributed by atoms with Crippen molar-refractivity contribution in [3.63, 3.8) is 0 Å². The molecule has 0 radical (unpaired) electrons. The van der Waals surface area contributed by atoms with Crippen LogP contribution < -0.4 is 10.6 Å². The number of nitrogens with one attached hydrogen (secondary N) is 2. The highest BCUT2D eigenvalue weighted by Crippen LogP contribution is 2.27. The fraction of sp³-hybridized carbons (Fsp3) is 0.941. The lowest BCUT2D eigenvalue weighted by atomic mass is 9.93. The van der Waals surface area contributed by atoms with Crippen molar-refractivity contribution in [1.82, 2.24) is 10.6 Å². The van der Waals surface area contributed by atoms with Crippen LogP contribution >= 0.6 is 0 Å². The second kappa shape index (κ2) is 8.16. The van der Waals surface area contributed by atoms with Gasteiger partial charge in [-0.1, -0.05) is 0 Å². The van der Waals surface area contributed by atoms with E-state index in [2.05, 4.69) is 10.6 Å². The topological polar surface area (TPSA) is 59.6 Å². The predicted molar refractivity (Wildman–Crippen MR) is 87.0 cm³/mol. The molecule has 2 aliphatic carbocycles. The number of hydrogen-bond donors (Lipinski definition) is 2. The summed E-state index contributed by atoms with van der Waals surface area (Å²) >= 11 is 0. The molecule has 22 heavy (non-hydrogen) atoms. The zero-order chi connectivity index (χ0) is 16.0. The summed E-state index contributed by atoms with van der Waals surface area (Å²) in [5.41, 5.74) is -0.433. The van der Waals surface area contributed by atoms with Gasteiger partial charge in [0.15, 0.2) is 0 Å². The van der Waals surface area contributed by atoms with E-state index in [0.29, 0.717) is 6.10 Å². The standard InChI is InChI=1S/C17H32N2O3/c1-17(2,3)22-16(20)19-14-6-8-15(9-7-14)21-11-10-18-12-13-4-5-13/h13-15,18H,4-12H2,1-3H3,(H,19,20). The smallest absolute Gasteiger partial charge is 0.407 e. The molecule has 0 atom stereocenters. The second-order valence-corrected chi connectivity index (χ2v) is 7.64. The molecule has 0 aromatic rings. The molecule has 5 heteroatoms. The third-order valence-corrected chi connectivity index (χ3v) is 4.16. The van der Waals surface area contributed by atoms with Crippen LogP contribution in [0.1, 0.15) is 59.3 Å². The first-order valence-electron chi connectivity index (χ1n) is 8.74. The van der Waals surface area contributed by atoms with Crippen molar-refractivity contribution in [2.75, 3.05) is 19.7 Å². The van der Waals surface area contributed by atoms with Crippen LogP contribution in [-0.4, -0.2) is 43.5 Å². The van der Waals surface area contributed by atoms with E-state index >= 15 is 0 Å². The summed E-state index contributed by atoms with van der Waals surface area (Å²) in [6.45, 7) is 8.54. The molecule has 5 nitrogen and oxygen atoms in total. The number of amides is 1. The maximum Gasteiger partial charge on any atom is 0.407 e. The van der Waals surface area contributed by atoms with Gasteiger partial charge in [-0.2, -0.15) is 0 Å². The Morgan fingerprint density at radius 2 is 1.77 bits per heavy atom. The molecule has 0 saturated heterocycles. The van der Waals surface area contributed by atoms with Gasteiger partial charge < -0.3 is 20.1 Å². The Balaban J connectivity index is 1.50. The molecule has 0 aliphatic heterocycles.